The van der Waals surface area contributed by atoms with Crippen LogP contribution in [0, 0.1) is 11.8 Å². The quantitative estimate of drug-likeness (QED) is 0.752. The molecule has 0 aromatic heterocycles. The Bertz CT molecular complexity index is 245. The molecule has 1 aliphatic carbocycles. The maximum Gasteiger partial charge on any atom is 0.306 e. The van der Waals surface area contributed by atoms with E-state index in [9.17, 15) is 9.59 Å². The van der Waals surface area contributed by atoms with Gasteiger partial charge in [-0.05, 0) is 38.0 Å². The van der Waals surface area contributed by atoms with Crippen molar-refractivity contribution in [3.63, 3.8) is 0 Å². The largest absolute Gasteiger partial charge is 0.481 e. The maximum absolute atomic E-state index is 11.3. The van der Waals surface area contributed by atoms with E-state index < -0.39 is 5.97 Å². The van der Waals surface area contributed by atoms with E-state index >= 15 is 0 Å². The lowest BCUT2D eigenvalue weighted by molar-refractivity contribution is -0.143. The molecule has 0 atom stereocenters. The number of carbonyl (C=O) groups excluding carboxylic acids is 1. The van der Waals surface area contributed by atoms with Crippen LogP contribution < -0.4 is 5.32 Å². The van der Waals surface area contributed by atoms with Gasteiger partial charge >= 0.3 is 5.97 Å². The molecule has 0 aliphatic heterocycles. The number of hydrogen-bond acceptors (Lipinski definition) is 2. The minimum Gasteiger partial charge on any atom is -0.481 e. The molecule has 4 heteroatoms. The molecule has 0 unspecified atom stereocenters. The van der Waals surface area contributed by atoms with Crippen molar-refractivity contribution in [3.05, 3.63) is 0 Å². The van der Waals surface area contributed by atoms with E-state index in [1.165, 1.54) is 0 Å². The minimum absolute atomic E-state index is 0.114. The molecular weight excluding hydrogens is 206 g/mol. The summed E-state index contributed by atoms with van der Waals surface area (Å²) in [6.45, 7) is 2.70. The molecule has 0 spiro atoms. The summed E-state index contributed by atoms with van der Waals surface area (Å²) < 4.78 is 0. The Kier molecular flexibility index (Phi) is 5.29. The van der Waals surface area contributed by atoms with Crippen LogP contribution in [0.5, 0.6) is 0 Å². The molecule has 1 rings (SSSR count). The van der Waals surface area contributed by atoms with Gasteiger partial charge in [-0.25, -0.2) is 0 Å². The molecule has 16 heavy (non-hydrogen) atoms. The highest BCUT2D eigenvalue weighted by Gasteiger charge is 2.25. The predicted octanol–water partition coefficient (Wildman–Crippen LogP) is 1.79. The van der Waals surface area contributed by atoms with Crippen LogP contribution in [-0.2, 0) is 9.59 Å². The number of aliphatic carboxylic acids is 1. The summed E-state index contributed by atoms with van der Waals surface area (Å²) in [7, 11) is 0. The normalized spacial score (nSPS) is 25.1. The van der Waals surface area contributed by atoms with Crippen LogP contribution in [0.2, 0.25) is 0 Å². The van der Waals surface area contributed by atoms with Gasteiger partial charge in [0.2, 0.25) is 5.91 Å². The Hall–Kier alpha value is -1.06. The van der Waals surface area contributed by atoms with Crippen LogP contribution in [0.4, 0.5) is 0 Å². The van der Waals surface area contributed by atoms with Gasteiger partial charge in [-0.2, -0.15) is 0 Å². The second-order valence-electron chi connectivity index (χ2n) is 4.61. The zero-order valence-electron chi connectivity index (χ0n) is 9.87. The smallest absolute Gasteiger partial charge is 0.306 e. The SMILES string of the molecule is CCCC(=O)NCC1CCC(C(=O)O)CC1. The van der Waals surface area contributed by atoms with Crippen molar-refractivity contribution in [3.8, 4) is 0 Å². The number of amides is 1. The molecular formula is C12H21NO3. The van der Waals surface area contributed by atoms with Gasteiger partial charge < -0.3 is 10.4 Å². The Morgan fingerprint density at radius 3 is 2.38 bits per heavy atom. The summed E-state index contributed by atoms with van der Waals surface area (Å²) in [5, 5.41) is 11.8. The van der Waals surface area contributed by atoms with Gasteiger partial charge in [-0.1, -0.05) is 6.92 Å². The van der Waals surface area contributed by atoms with Crippen LogP contribution in [0.3, 0.4) is 0 Å². The van der Waals surface area contributed by atoms with Gasteiger partial charge in [0.1, 0.15) is 0 Å². The van der Waals surface area contributed by atoms with Gasteiger partial charge in [0, 0.05) is 13.0 Å². The molecule has 0 saturated heterocycles. The lowest BCUT2D eigenvalue weighted by Gasteiger charge is -2.26. The molecule has 1 saturated carbocycles. The van der Waals surface area contributed by atoms with E-state index in [2.05, 4.69) is 5.32 Å². The number of hydrogen-bond donors (Lipinski definition) is 2. The fourth-order valence-corrected chi connectivity index (χ4v) is 2.19. The highest BCUT2D eigenvalue weighted by molar-refractivity contribution is 5.75. The van der Waals surface area contributed by atoms with E-state index in [0.717, 1.165) is 32.1 Å². The van der Waals surface area contributed by atoms with E-state index in [0.29, 0.717) is 18.9 Å². The van der Waals surface area contributed by atoms with Crippen LogP contribution >= 0.6 is 0 Å². The van der Waals surface area contributed by atoms with Gasteiger partial charge in [0.15, 0.2) is 0 Å². The van der Waals surface area contributed by atoms with Crippen LogP contribution in [0.1, 0.15) is 45.4 Å². The molecule has 2 N–H and O–H groups in total. The second-order valence-corrected chi connectivity index (χ2v) is 4.61. The topological polar surface area (TPSA) is 66.4 Å². The van der Waals surface area contributed by atoms with Crippen molar-refractivity contribution in [2.45, 2.75) is 45.4 Å². The average molecular weight is 227 g/mol. The summed E-state index contributed by atoms with van der Waals surface area (Å²) in [6, 6.07) is 0. The van der Waals surface area contributed by atoms with Crippen molar-refractivity contribution in [2.24, 2.45) is 11.8 Å². The first-order valence-corrected chi connectivity index (χ1v) is 6.13. The van der Waals surface area contributed by atoms with Gasteiger partial charge in [0.05, 0.1) is 5.92 Å². The number of carboxylic acids is 1. The first-order chi connectivity index (χ1) is 7.63. The third-order valence-electron chi connectivity index (χ3n) is 3.26. The Morgan fingerprint density at radius 2 is 1.88 bits per heavy atom. The predicted molar refractivity (Wildman–Crippen MR) is 61.0 cm³/mol. The molecule has 0 aromatic carbocycles. The fourth-order valence-electron chi connectivity index (χ4n) is 2.19. The van der Waals surface area contributed by atoms with Gasteiger partial charge in [0.25, 0.3) is 0 Å². The van der Waals surface area contributed by atoms with Gasteiger partial charge in [-0.15, -0.1) is 0 Å². The van der Waals surface area contributed by atoms with Crippen molar-refractivity contribution in [1.29, 1.82) is 0 Å². The Morgan fingerprint density at radius 1 is 1.25 bits per heavy atom. The summed E-state index contributed by atoms with van der Waals surface area (Å²) in [5.41, 5.74) is 0. The summed E-state index contributed by atoms with van der Waals surface area (Å²) >= 11 is 0. The first kappa shape index (κ1) is 13.0. The van der Waals surface area contributed by atoms with Crippen LogP contribution in [0.25, 0.3) is 0 Å². The summed E-state index contributed by atoms with van der Waals surface area (Å²) in [5.74, 6) is -0.254. The molecule has 0 heterocycles. The molecule has 0 radical (unpaired) electrons. The average Bonchev–Trinajstić information content (AvgIpc) is 2.27. The van der Waals surface area contributed by atoms with Crippen molar-refractivity contribution in [2.75, 3.05) is 6.54 Å². The van der Waals surface area contributed by atoms with Crippen molar-refractivity contribution < 1.29 is 14.7 Å². The van der Waals surface area contributed by atoms with E-state index in [4.69, 9.17) is 5.11 Å². The van der Waals surface area contributed by atoms with Crippen LogP contribution in [-0.4, -0.2) is 23.5 Å². The number of carboxylic acid groups (broad SMARTS) is 1. The number of rotatable bonds is 5. The highest BCUT2D eigenvalue weighted by Crippen LogP contribution is 2.28. The zero-order valence-corrected chi connectivity index (χ0v) is 9.87. The van der Waals surface area contributed by atoms with E-state index in [1.807, 2.05) is 6.92 Å². The first-order valence-electron chi connectivity index (χ1n) is 6.13. The lowest BCUT2D eigenvalue weighted by Crippen LogP contribution is -2.32. The van der Waals surface area contributed by atoms with Crippen molar-refractivity contribution >= 4 is 11.9 Å². The molecule has 0 aromatic rings. The number of carbonyl (C=O) groups is 2. The monoisotopic (exact) mass is 227 g/mol. The maximum atomic E-state index is 11.3. The minimum atomic E-state index is -0.673. The van der Waals surface area contributed by atoms with E-state index in [1.54, 1.807) is 0 Å². The Labute approximate surface area is 96.4 Å². The standard InChI is InChI=1S/C12H21NO3/c1-2-3-11(14)13-8-9-4-6-10(7-5-9)12(15)16/h9-10H,2-8H2,1H3,(H,13,14)(H,15,16). The number of nitrogens with one attached hydrogen (secondary N) is 1. The third-order valence-corrected chi connectivity index (χ3v) is 3.26. The summed E-state index contributed by atoms with van der Waals surface area (Å²) in [6.07, 6.45) is 4.81. The van der Waals surface area contributed by atoms with Gasteiger partial charge in [-0.3, -0.25) is 9.59 Å². The Balaban J connectivity index is 2.17. The molecule has 1 fully saturated rings. The van der Waals surface area contributed by atoms with E-state index in [-0.39, 0.29) is 11.8 Å². The fraction of sp³-hybridized carbons (Fsp3) is 0.833. The summed E-state index contributed by atoms with van der Waals surface area (Å²) in [4.78, 5) is 22.0. The van der Waals surface area contributed by atoms with Crippen molar-refractivity contribution in [1.82, 2.24) is 5.32 Å². The van der Waals surface area contributed by atoms with Crippen LogP contribution in [0.15, 0.2) is 0 Å². The molecule has 92 valence electrons. The molecule has 1 aliphatic rings. The molecule has 1 amide bonds. The second kappa shape index (κ2) is 6.51. The highest BCUT2D eigenvalue weighted by atomic mass is 16.4. The third kappa shape index (κ3) is 4.21. The zero-order chi connectivity index (χ0) is 12.0. The molecule has 4 nitrogen and oxygen atoms in total. The molecule has 0 bridgehead atoms. The lowest BCUT2D eigenvalue weighted by atomic mass is 9.82.